The smallest absolute Gasteiger partial charge is 0.166 e. The first kappa shape index (κ1) is 30.4. The molecule has 1 fully saturated rings. The van der Waals surface area contributed by atoms with E-state index in [0.717, 1.165) is 79.4 Å². The van der Waals surface area contributed by atoms with Gasteiger partial charge in [-0.1, -0.05) is 92.9 Å². The molecule has 0 nitrogen and oxygen atoms in total. The molecule has 1 saturated carbocycles. The highest BCUT2D eigenvalue weighted by molar-refractivity contribution is 5.74. The molecule has 222 valence electrons. The van der Waals surface area contributed by atoms with Gasteiger partial charge in [0.05, 0.1) is 0 Å². The van der Waals surface area contributed by atoms with Crippen molar-refractivity contribution in [2.24, 2.45) is 17.8 Å². The first-order valence-electron chi connectivity index (χ1n) is 16.2. The number of hydrogen-bond acceptors (Lipinski definition) is 0. The van der Waals surface area contributed by atoms with Crippen molar-refractivity contribution < 1.29 is 13.2 Å². The lowest BCUT2D eigenvalue weighted by molar-refractivity contribution is 0.212. The van der Waals surface area contributed by atoms with Crippen molar-refractivity contribution in [3.05, 3.63) is 101 Å². The summed E-state index contributed by atoms with van der Waals surface area (Å²) in [6.07, 6.45) is 19.9. The minimum Gasteiger partial charge on any atom is -0.206 e. The molecule has 0 N–H and O–H groups in total. The van der Waals surface area contributed by atoms with Crippen molar-refractivity contribution in [2.45, 2.75) is 90.9 Å². The lowest BCUT2D eigenvalue weighted by Crippen LogP contribution is -2.22. The summed E-state index contributed by atoms with van der Waals surface area (Å²) >= 11 is 0. The van der Waals surface area contributed by atoms with Gasteiger partial charge in [0, 0.05) is 11.1 Å². The summed E-state index contributed by atoms with van der Waals surface area (Å²) < 4.78 is 45.1. The molecule has 0 spiro atoms. The molecule has 3 heteroatoms. The van der Waals surface area contributed by atoms with Crippen molar-refractivity contribution in [1.82, 2.24) is 0 Å². The fourth-order valence-corrected chi connectivity index (χ4v) is 7.15. The molecule has 0 aliphatic heterocycles. The minimum absolute atomic E-state index is 0.198. The molecule has 0 aromatic heterocycles. The van der Waals surface area contributed by atoms with Gasteiger partial charge < -0.3 is 0 Å². The lowest BCUT2D eigenvalue weighted by Gasteiger charge is -2.35. The molecule has 3 aromatic rings. The molecule has 0 amide bonds. The van der Waals surface area contributed by atoms with Crippen LogP contribution < -0.4 is 0 Å². The van der Waals surface area contributed by atoms with Crippen molar-refractivity contribution in [3.63, 3.8) is 0 Å². The molecule has 2 aliphatic rings. The molecule has 0 saturated heterocycles. The van der Waals surface area contributed by atoms with Gasteiger partial charge in [-0.05, 0) is 116 Å². The van der Waals surface area contributed by atoms with Crippen LogP contribution in [0, 0.1) is 35.2 Å². The third-order valence-electron chi connectivity index (χ3n) is 9.71. The SMILES string of the molecule is C/C=C/C1CCC(C2CC=C(c3ccc(-c4ccc(-c5ccc(CCCCCC)c(F)c5F)cc4)cc3F)CC2)CC1. The monoisotopic (exact) mass is 570 g/mol. The van der Waals surface area contributed by atoms with E-state index in [-0.39, 0.29) is 11.4 Å². The molecule has 2 aliphatic carbocycles. The summed E-state index contributed by atoms with van der Waals surface area (Å²) in [7, 11) is 0. The Morgan fingerprint density at radius 3 is 2.10 bits per heavy atom. The summed E-state index contributed by atoms with van der Waals surface area (Å²) in [5.74, 6) is 0.543. The summed E-state index contributed by atoms with van der Waals surface area (Å²) in [6.45, 7) is 4.25. The number of benzene rings is 3. The Morgan fingerprint density at radius 2 is 1.43 bits per heavy atom. The van der Waals surface area contributed by atoms with Gasteiger partial charge in [-0.3, -0.25) is 0 Å². The second kappa shape index (κ2) is 14.4. The Labute approximate surface area is 250 Å². The van der Waals surface area contributed by atoms with Crippen LogP contribution in [-0.4, -0.2) is 0 Å². The third-order valence-corrected chi connectivity index (χ3v) is 9.71. The van der Waals surface area contributed by atoms with E-state index in [0.29, 0.717) is 23.1 Å². The highest BCUT2D eigenvalue weighted by Gasteiger charge is 2.28. The van der Waals surface area contributed by atoms with Gasteiger partial charge in [0.25, 0.3) is 0 Å². The van der Waals surface area contributed by atoms with Crippen molar-refractivity contribution in [3.8, 4) is 22.3 Å². The maximum atomic E-state index is 15.4. The highest BCUT2D eigenvalue weighted by atomic mass is 19.2. The van der Waals surface area contributed by atoms with Crippen LogP contribution in [0.3, 0.4) is 0 Å². The van der Waals surface area contributed by atoms with Crippen LogP contribution >= 0.6 is 0 Å². The van der Waals surface area contributed by atoms with Gasteiger partial charge in [-0.15, -0.1) is 0 Å². The maximum absolute atomic E-state index is 15.4. The van der Waals surface area contributed by atoms with E-state index in [1.54, 1.807) is 30.3 Å². The predicted octanol–water partition coefficient (Wildman–Crippen LogP) is 12.1. The molecule has 3 aromatic carbocycles. The number of unbranched alkanes of at least 4 members (excludes halogenated alkanes) is 3. The van der Waals surface area contributed by atoms with Gasteiger partial charge in [0.15, 0.2) is 11.6 Å². The number of halogens is 3. The molecule has 0 heterocycles. The lowest BCUT2D eigenvalue weighted by atomic mass is 9.71. The van der Waals surface area contributed by atoms with Crippen LogP contribution in [0.25, 0.3) is 27.8 Å². The Hall–Kier alpha value is -3.07. The summed E-state index contributed by atoms with van der Waals surface area (Å²) in [6, 6.07) is 16.1. The summed E-state index contributed by atoms with van der Waals surface area (Å²) in [5.41, 5.74) is 4.77. The van der Waals surface area contributed by atoms with Gasteiger partial charge in [0.2, 0.25) is 0 Å². The van der Waals surface area contributed by atoms with Crippen LogP contribution in [0.4, 0.5) is 13.2 Å². The second-order valence-electron chi connectivity index (χ2n) is 12.4. The molecule has 5 rings (SSSR count). The van der Waals surface area contributed by atoms with E-state index in [9.17, 15) is 8.78 Å². The third kappa shape index (κ3) is 7.10. The Bertz CT molecular complexity index is 1390. The van der Waals surface area contributed by atoms with Crippen molar-refractivity contribution in [2.75, 3.05) is 0 Å². The quantitative estimate of drug-likeness (QED) is 0.168. The van der Waals surface area contributed by atoms with E-state index in [2.05, 4.69) is 32.1 Å². The van der Waals surface area contributed by atoms with Crippen molar-refractivity contribution >= 4 is 5.57 Å². The van der Waals surface area contributed by atoms with Gasteiger partial charge >= 0.3 is 0 Å². The average Bonchev–Trinajstić information content (AvgIpc) is 3.02. The largest absolute Gasteiger partial charge is 0.206 e. The normalized spacial score (nSPS) is 21.1. The maximum Gasteiger partial charge on any atom is 0.166 e. The molecular formula is C39H45F3. The predicted molar refractivity (Wildman–Crippen MR) is 171 cm³/mol. The first-order chi connectivity index (χ1) is 20.5. The van der Waals surface area contributed by atoms with E-state index in [1.807, 2.05) is 24.3 Å². The first-order valence-corrected chi connectivity index (χ1v) is 16.2. The topological polar surface area (TPSA) is 0 Å². The minimum atomic E-state index is -0.796. The van der Waals surface area contributed by atoms with Crippen LogP contribution in [0.15, 0.2) is 72.8 Å². The summed E-state index contributed by atoms with van der Waals surface area (Å²) in [4.78, 5) is 0. The molecule has 0 bridgehead atoms. The van der Waals surface area contributed by atoms with E-state index < -0.39 is 11.6 Å². The second-order valence-corrected chi connectivity index (χ2v) is 12.4. The number of rotatable bonds is 10. The Kier molecular flexibility index (Phi) is 10.4. The summed E-state index contributed by atoms with van der Waals surface area (Å²) in [5, 5.41) is 0. The van der Waals surface area contributed by atoms with Gasteiger partial charge in [-0.25, -0.2) is 13.2 Å². The number of aryl methyl sites for hydroxylation is 1. The van der Waals surface area contributed by atoms with Gasteiger partial charge in [0.1, 0.15) is 5.82 Å². The fourth-order valence-electron chi connectivity index (χ4n) is 7.15. The number of hydrogen-bond donors (Lipinski definition) is 0. The van der Waals surface area contributed by atoms with Crippen LogP contribution in [0.2, 0.25) is 0 Å². The zero-order valence-electron chi connectivity index (χ0n) is 25.3. The zero-order valence-corrected chi connectivity index (χ0v) is 25.3. The molecule has 1 atom stereocenters. The van der Waals surface area contributed by atoms with Crippen LogP contribution in [0.5, 0.6) is 0 Å². The van der Waals surface area contributed by atoms with Gasteiger partial charge in [-0.2, -0.15) is 0 Å². The molecular weight excluding hydrogens is 525 g/mol. The standard InChI is InChI=1S/C39H45F3/c1-3-5-6-7-9-33-22-25-36(39(42)38(33)41)32-20-16-30(17-21-32)34-23-24-35(37(40)26-34)31-18-14-29(15-19-31)28-12-10-27(8-4-2)11-13-28/h4,8,16-18,20-29H,3,5-7,9-15,19H2,1-2H3/b8-4+. The molecule has 1 unspecified atom stereocenters. The van der Waals surface area contributed by atoms with Crippen LogP contribution in [-0.2, 0) is 6.42 Å². The molecule has 42 heavy (non-hydrogen) atoms. The highest BCUT2D eigenvalue weighted by Crippen LogP contribution is 2.42. The van der Waals surface area contributed by atoms with Crippen molar-refractivity contribution in [1.29, 1.82) is 0 Å². The number of allylic oxidation sites excluding steroid dienone is 4. The van der Waals surface area contributed by atoms with Crippen LogP contribution in [0.1, 0.15) is 95.6 Å². The molecule has 0 radical (unpaired) electrons. The Morgan fingerprint density at radius 1 is 0.714 bits per heavy atom. The Balaban J connectivity index is 1.23. The van der Waals surface area contributed by atoms with E-state index in [1.165, 1.54) is 25.7 Å². The zero-order chi connectivity index (χ0) is 29.5. The fraction of sp³-hybridized carbons (Fsp3) is 0.436. The van der Waals surface area contributed by atoms with E-state index >= 15 is 4.39 Å². The van der Waals surface area contributed by atoms with E-state index in [4.69, 9.17) is 0 Å². The average molecular weight is 571 g/mol.